The molecular formula is C36H39N9O2. The van der Waals surface area contributed by atoms with E-state index >= 15 is 0 Å². The van der Waals surface area contributed by atoms with Crippen LogP contribution in [0.4, 0.5) is 5.69 Å². The van der Waals surface area contributed by atoms with Crippen LogP contribution in [0.2, 0.25) is 0 Å². The number of anilines is 1. The van der Waals surface area contributed by atoms with Crippen LogP contribution < -0.4 is 4.90 Å². The summed E-state index contributed by atoms with van der Waals surface area (Å²) in [5, 5.41) is 13.0. The number of aromatic amines is 1. The molecule has 1 atom stereocenters. The largest absolute Gasteiger partial charge is 0.338 e. The molecule has 2 aromatic carbocycles. The molecule has 5 aromatic rings. The van der Waals surface area contributed by atoms with Gasteiger partial charge in [0.2, 0.25) is 11.8 Å². The maximum atomic E-state index is 14.0. The minimum atomic E-state index is -0.443. The molecule has 3 aliphatic rings. The van der Waals surface area contributed by atoms with Gasteiger partial charge in [-0.1, -0.05) is 30.3 Å². The Kier molecular flexibility index (Phi) is 7.20. The number of carbonyl (C=O) groups is 2. The maximum absolute atomic E-state index is 14.0. The Morgan fingerprint density at radius 3 is 2.53 bits per heavy atom. The van der Waals surface area contributed by atoms with Gasteiger partial charge in [-0.25, -0.2) is 4.98 Å². The number of benzene rings is 2. The smallest absolute Gasteiger partial charge is 0.237 e. The first-order chi connectivity index (χ1) is 22.8. The summed E-state index contributed by atoms with van der Waals surface area (Å²) in [4.78, 5) is 42.1. The number of hydrogen-bond acceptors (Lipinski definition) is 7. The van der Waals surface area contributed by atoms with E-state index in [2.05, 4.69) is 54.4 Å². The number of amides is 2. The van der Waals surface area contributed by atoms with E-state index in [0.29, 0.717) is 38.5 Å². The SMILES string of the molecule is Cc1ccc(-c2n[nH]c3ccc(N4CCC5(CCN(CC(=O)N6CC=C(c7ccc(-c8ncn(C)n8)cc7)CC6)C5)C4=O)cc23)cn1.[HH]. The van der Waals surface area contributed by atoms with Crippen molar-refractivity contribution in [2.75, 3.05) is 44.2 Å². The molecule has 2 fully saturated rings. The second-order valence-electron chi connectivity index (χ2n) is 13.1. The van der Waals surface area contributed by atoms with Gasteiger partial charge in [0, 0.05) is 68.7 Å². The summed E-state index contributed by atoms with van der Waals surface area (Å²) in [6.45, 7) is 5.64. The third-order valence-corrected chi connectivity index (χ3v) is 10.0. The van der Waals surface area contributed by atoms with Gasteiger partial charge in [-0.2, -0.15) is 10.2 Å². The fourth-order valence-corrected chi connectivity index (χ4v) is 7.29. The van der Waals surface area contributed by atoms with Gasteiger partial charge in [0.1, 0.15) is 12.0 Å². The number of aryl methyl sites for hydroxylation is 2. The first kappa shape index (κ1) is 29.3. The molecule has 2 saturated heterocycles. The van der Waals surface area contributed by atoms with Crippen molar-refractivity contribution in [3.05, 3.63) is 84.5 Å². The van der Waals surface area contributed by atoms with Crippen LogP contribution in [0, 0.1) is 12.3 Å². The minimum absolute atomic E-state index is 0. The average Bonchev–Trinajstić information content (AvgIpc) is 3.89. The summed E-state index contributed by atoms with van der Waals surface area (Å²) in [6, 6.07) is 18.4. The van der Waals surface area contributed by atoms with Gasteiger partial charge in [-0.3, -0.25) is 29.3 Å². The molecule has 3 aliphatic heterocycles. The number of likely N-dealkylation sites (tertiary alicyclic amines) is 1. The molecule has 6 heterocycles. The molecule has 0 radical (unpaired) electrons. The molecule has 1 unspecified atom stereocenters. The topological polar surface area (TPSA) is 116 Å². The fourth-order valence-electron chi connectivity index (χ4n) is 7.29. The van der Waals surface area contributed by atoms with Gasteiger partial charge >= 0.3 is 0 Å². The number of hydrogen-bond donors (Lipinski definition) is 1. The zero-order chi connectivity index (χ0) is 32.1. The predicted octanol–water partition coefficient (Wildman–Crippen LogP) is 4.72. The molecule has 0 aliphatic carbocycles. The average molecular weight is 630 g/mol. The highest BCUT2D eigenvalue weighted by atomic mass is 16.2. The van der Waals surface area contributed by atoms with Gasteiger partial charge in [-0.05, 0) is 74.2 Å². The molecule has 1 N–H and O–H groups in total. The summed E-state index contributed by atoms with van der Waals surface area (Å²) in [7, 11) is 1.86. The lowest BCUT2D eigenvalue weighted by Gasteiger charge is -2.29. The predicted molar refractivity (Wildman–Crippen MR) is 182 cm³/mol. The number of nitrogens with zero attached hydrogens (tertiary/aromatic N) is 8. The summed E-state index contributed by atoms with van der Waals surface area (Å²) < 4.78 is 1.70. The first-order valence-electron chi connectivity index (χ1n) is 16.2. The van der Waals surface area contributed by atoms with E-state index < -0.39 is 5.41 Å². The van der Waals surface area contributed by atoms with Crippen LogP contribution in [-0.4, -0.2) is 90.8 Å². The first-order valence-corrected chi connectivity index (χ1v) is 16.2. The van der Waals surface area contributed by atoms with Crippen molar-refractivity contribution in [1.82, 2.24) is 39.7 Å². The maximum Gasteiger partial charge on any atom is 0.237 e. The van der Waals surface area contributed by atoms with Crippen molar-refractivity contribution in [2.24, 2.45) is 12.5 Å². The highest BCUT2D eigenvalue weighted by Gasteiger charge is 2.51. The van der Waals surface area contributed by atoms with E-state index in [0.717, 1.165) is 70.5 Å². The van der Waals surface area contributed by atoms with E-state index in [4.69, 9.17) is 0 Å². The Balaban J connectivity index is 0.00000364. The highest BCUT2D eigenvalue weighted by Crippen LogP contribution is 2.43. The van der Waals surface area contributed by atoms with Crippen molar-refractivity contribution < 1.29 is 11.0 Å². The second kappa shape index (κ2) is 11.6. The van der Waals surface area contributed by atoms with Crippen molar-refractivity contribution in [3.8, 4) is 22.6 Å². The fraction of sp³-hybridized carbons (Fsp3) is 0.333. The lowest BCUT2D eigenvalue weighted by Crippen LogP contribution is -2.43. The van der Waals surface area contributed by atoms with Crippen LogP contribution in [0.3, 0.4) is 0 Å². The summed E-state index contributed by atoms with van der Waals surface area (Å²) >= 11 is 0. The van der Waals surface area contributed by atoms with Crippen LogP contribution in [0.5, 0.6) is 0 Å². The van der Waals surface area contributed by atoms with E-state index in [9.17, 15) is 9.59 Å². The zero-order valence-electron chi connectivity index (χ0n) is 26.7. The number of fused-ring (bicyclic) bond motifs is 1. The molecule has 1 spiro atoms. The second-order valence-corrected chi connectivity index (χ2v) is 13.1. The van der Waals surface area contributed by atoms with Gasteiger partial charge in [0.25, 0.3) is 0 Å². The summed E-state index contributed by atoms with van der Waals surface area (Å²) in [5.41, 5.74) is 7.49. The molecule has 0 bridgehead atoms. The number of aromatic nitrogens is 6. The van der Waals surface area contributed by atoms with Crippen molar-refractivity contribution >= 4 is 34.0 Å². The number of pyridine rings is 1. The number of H-pyrrole nitrogens is 1. The highest BCUT2D eigenvalue weighted by molar-refractivity contribution is 6.03. The van der Waals surface area contributed by atoms with Crippen molar-refractivity contribution in [3.63, 3.8) is 0 Å². The van der Waals surface area contributed by atoms with E-state index in [1.54, 1.807) is 11.0 Å². The van der Waals surface area contributed by atoms with Gasteiger partial charge in [0.05, 0.1) is 17.5 Å². The van der Waals surface area contributed by atoms with Crippen molar-refractivity contribution in [2.45, 2.75) is 26.2 Å². The van der Waals surface area contributed by atoms with E-state index in [1.807, 2.05) is 66.4 Å². The molecule has 11 heteroatoms. The van der Waals surface area contributed by atoms with Crippen LogP contribution in [0.25, 0.3) is 39.1 Å². The lowest BCUT2D eigenvalue weighted by atomic mass is 9.85. The van der Waals surface area contributed by atoms with Crippen LogP contribution >= 0.6 is 0 Å². The Morgan fingerprint density at radius 2 is 1.79 bits per heavy atom. The Labute approximate surface area is 274 Å². The molecule has 3 aromatic heterocycles. The van der Waals surface area contributed by atoms with E-state index in [1.165, 1.54) is 5.57 Å². The standard InChI is InChI=1S/C36H37N9O2.H2/c1-24-3-4-28(20-37-24)33-30-19-29(9-10-31(30)39-40-33)45-18-14-36(35(45)47)13-17-43(22-36)21-32(46)44-15-11-26(12-16-44)25-5-7-27(8-6-25)34-38-23-42(2)41-34;/h3-11,19-20,23H,12-18,21-22H2,1-2H3,(H,39,40);1H. The third-order valence-electron chi connectivity index (χ3n) is 10.0. The quantitative estimate of drug-likeness (QED) is 0.289. The van der Waals surface area contributed by atoms with Crippen molar-refractivity contribution in [1.29, 1.82) is 0 Å². The zero-order valence-corrected chi connectivity index (χ0v) is 26.7. The van der Waals surface area contributed by atoms with Gasteiger partial charge < -0.3 is 9.80 Å². The monoisotopic (exact) mass is 629 g/mol. The summed E-state index contributed by atoms with van der Waals surface area (Å²) in [5.74, 6) is 0.995. The van der Waals surface area contributed by atoms with Gasteiger partial charge in [-0.15, -0.1) is 0 Å². The van der Waals surface area contributed by atoms with Crippen LogP contribution in [-0.2, 0) is 16.6 Å². The molecule has 11 nitrogen and oxygen atoms in total. The van der Waals surface area contributed by atoms with Gasteiger partial charge in [0.15, 0.2) is 5.82 Å². The molecule has 2 amide bonds. The molecule has 0 saturated carbocycles. The number of rotatable bonds is 6. The number of carbonyl (C=O) groups excluding carboxylic acids is 2. The molecular weight excluding hydrogens is 590 g/mol. The molecule has 240 valence electrons. The van der Waals surface area contributed by atoms with Crippen LogP contribution in [0.15, 0.2) is 73.2 Å². The lowest BCUT2D eigenvalue weighted by molar-refractivity contribution is -0.132. The number of nitrogens with one attached hydrogen (secondary N) is 1. The normalized spacial score (nSPS) is 20.1. The Hall–Kier alpha value is -5.16. The minimum Gasteiger partial charge on any atom is -0.338 e. The molecule has 47 heavy (non-hydrogen) atoms. The van der Waals surface area contributed by atoms with Crippen LogP contribution in [0.1, 0.15) is 31.9 Å². The van der Waals surface area contributed by atoms with E-state index in [-0.39, 0.29) is 13.2 Å². The Morgan fingerprint density at radius 1 is 0.979 bits per heavy atom. The summed E-state index contributed by atoms with van der Waals surface area (Å²) in [6.07, 6.45) is 8.08. The molecule has 8 rings (SSSR count). The Bertz CT molecular complexity index is 2020. The third kappa shape index (κ3) is 5.40.